The minimum absolute atomic E-state index is 0.0370. The van der Waals surface area contributed by atoms with Crippen LogP contribution in [-0.4, -0.2) is 34.5 Å². The minimum Gasteiger partial charge on any atom is -0.478 e. The number of rotatable bonds is 6. The van der Waals surface area contributed by atoms with Crippen LogP contribution in [0, 0.1) is 6.92 Å². The number of benzene rings is 2. The van der Waals surface area contributed by atoms with Crippen LogP contribution >= 0.6 is 0 Å². The second-order valence-electron chi connectivity index (χ2n) is 7.27. The molecule has 1 aliphatic heterocycles. The number of carboxylic acid groups (broad SMARTS) is 1. The van der Waals surface area contributed by atoms with Crippen molar-refractivity contribution in [3.05, 3.63) is 70.8 Å². The lowest BCUT2D eigenvalue weighted by Gasteiger charge is -2.25. The van der Waals surface area contributed by atoms with Gasteiger partial charge in [0.1, 0.15) is 0 Å². The van der Waals surface area contributed by atoms with E-state index in [1.807, 2.05) is 6.92 Å². The van der Waals surface area contributed by atoms with Gasteiger partial charge in [-0.05, 0) is 56.5 Å². The Bertz CT molecular complexity index is 817. The van der Waals surface area contributed by atoms with Gasteiger partial charge in [-0.25, -0.2) is 4.79 Å². The fourth-order valence-electron chi connectivity index (χ4n) is 3.66. The largest absolute Gasteiger partial charge is 0.478 e. The molecular weight excluding hydrogens is 340 g/mol. The number of aromatic carboxylic acids is 1. The van der Waals surface area contributed by atoms with Crippen LogP contribution in [0.25, 0.3) is 0 Å². The molecule has 1 aliphatic rings. The van der Waals surface area contributed by atoms with Gasteiger partial charge in [0.25, 0.3) is 0 Å². The van der Waals surface area contributed by atoms with Crippen LogP contribution in [0.1, 0.15) is 52.9 Å². The zero-order valence-electron chi connectivity index (χ0n) is 15.8. The molecule has 0 aliphatic carbocycles. The highest BCUT2D eigenvalue weighted by molar-refractivity contribution is 5.87. The lowest BCUT2D eigenvalue weighted by atomic mass is 10.1. The molecule has 2 aromatic rings. The van der Waals surface area contributed by atoms with Gasteiger partial charge in [-0.2, -0.15) is 0 Å². The lowest BCUT2D eigenvalue weighted by Crippen LogP contribution is -2.43. The highest BCUT2D eigenvalue weighted by atomic mass is 16.4. The van der Waals surface area contributed by atoms with Crippen LogP contribution in [-0.2, 0) is 11.3 Å². The van der Waals surface area contributed by atoms with Crippen molar-refractivity contribution < 1.29 is 14.7 Å². The van der Waals surface area contributed by atoms with Gasteiger partial charge in [0.05, 0.1) is 17.6 Å². The second-order valence-corrected chi connectivity index (χ2v) is 7.27. The number of carbonyl (C=O) groups excluding carboxylic acids is 1. The normalized spacial score (nSPS) is 18.2. The number of hydrogen-bond donors (Lipinski definition) is 2. The molecule has 5 heteroatoms. The summed E-state index contributed by atoms with van der Waals surface area (Å²) in [5.74, 6) is -0.911. The fourth-order valence-corrected chi connectivity index (χ4v) is 3.66. The van der Waals surface area contributed by atoms with Crippen molar-refractivity contribution >= 4 is 11.9 Å². The Balaban J connectivity index is 1.62. The molecule has 2 atom stereocenters. The van der Waals surface area contributed by atoms with E-state index in [1.165, 1.54) is 11.1 Å². The van der Waals surface area contributed by atoms with Crippen LogP contribution < -0.4 is 5.32 Å². The summed E-state index contributed by atoms with van der Waals surface area (Å²) in [4.78, 5) is 26.0. The monoisotopic (exact) mass is 366 g/mol. The third-order valence-corrected chi connectivity index (χ3v) is 5.15. The van der Waals surface area contributed by atoms with Gasteiger partial charge < -0.3 is 10.4 Å². The van der Waals surface area contributed by atoms with Gasteiger partial charge >= 0.3 is 5.97 Å². The first-order valence-electron chi connectivity index (χ1n) is 9.37. The summed E-state index contributed by atoms with van der Waals surface area (Å²) < 4.78 is 0. The highest BCUT2D eigenvalue weighted by Gasteiger charge is 2.31. The van der Waals surface area contributed by atoms with E-state index in [4.69, 9.17) is 5.11 Å². The predicted molar refractivity (Wildman–Crippen MR) is 105 cm³/mol. The van der Waals surface area contributed by atoms with Gasteiger partial charge in [-0.3, -0.25) is 9.69 Å². The number of amides is 1. The molecule has 1 heterocycles. The topological polar surface area (TPSA) is 69.6 Å². The number of likely N-dealkylation sites (tertiary alicyclic amines) is 1. The first kappa shape index (κ1) is 19.1. The number of carbonyl (C=O) groups is 2. The van der Waals surface area contributed by atoms with Gasteiger partial charge in [-0.1, -0.05) is 42.0 Å². The molecule has 1 amide bonds. The van der Waals surface area contributed by atoms with E-state index in [0.717, 1.165) is 31.5 Å². The molecule has 0 unspecified atom stereocenters. The van der Waals surface area contributed by atoms with Crippen molar-refractivity contribution in [1.29, 1.82) is 0 Å². The van der Waals surface area contributed by atoms with Gasteiger partial charge in [-0.15, -0.1) is 0 Å². The van der Waals surface area contributed by atoms with Crippen molar-refractivity contribution in [3.8, 4) is 0 Å². The van der Waals surface area contributed by atoms with Crippen LogP contribution in [0.3, 0.4) is 0 Å². The quantitative estimate of drug-likeness (QED) is 0.820. The molecular formula is C22H26N2O3. The van der Waals surface area contributed by atoms with E-state index >= 15 is 0 Å². The Labute approximate surface area is 160 Å². The van der Waals surface area contributed by atoms with E-state index in [0.29, 0.717) is 0 Å². The molecule has 1 fully saturated rings. The van der Waals surface area contributed by atoms with Crippen LogP contribution in [0.15, 0.2) is 48.5 Å². The SMILES string of the molecule is Cc1cccc(CN2CCC[C@@H]2C(=O)N[C@@H](C)c2ccc(C(=O)O)cc2)c1. The number of carboxylic acids is 1. The number of hydrogen-bond acceptors (Lipinski definition) is 3. The Morgan fingerprint density at radius 3 is 2.63 bits per heavy atom. The van der Waals surface area contributed by atoms with Gasteiger partial charge in [0.15, 0.2) is 0 Å². The number of nitrogens with zero attached hydrogens (tertiary/aromatic N) is 1. The van der Waals surface area contributed by atoms with Gasteiger partial charge in [0, 0.05) is 6.54 Å². The zero-order valence-corrected chi connectivity index (χ0v) is 15.8. The second kappa shape index (κ2) is 8.35. The smallest absolute Gasteiger partial charge is 0.335 e. The molecule has 0 bridgehead atoms. The maximum Gasteiger partial charge on any atom is 0.335 e. The number of aryl methyl sites for hydroxylation is 1. The van der Waals surface area contributed by atoms with Crippen molar-refractivity contribution in [2.75, 3.05) is 6.54 Å². The molecule has 0 aromatic heterocycles. The molecule has 2 N–H and O–H groups in total. The third kappa shape index (κ3) is 4.74. The van der Waals surface area contributed by atoms with Gasteiger partial charge in [0.2, 0.25) is 5.91 Å². The van der Waals surface area contributed by atoms with Crippen molar-refractivity contribution in [2.24, 2.45) is 0 Å². The molecule has 0 radical (unpaired) electrons. The van der Waals surface area contributed by atoms with Crippen molar-refractivity contribution in [2.45, 2.75) is 45.3 Å². The van der Waals surface area contributed by atoms with Crippen molar-refractivity contribution in [1.82, 2.24) is 10.2 Å². The molecule has 3 rings (SSSR count). The summed E-state index contributed by atoms with van der Waals surface area (Å²) in [5, 5.41) is 12.1. The maximum absolute atomic E-state index is 12.8. The molecule has 0 saturated carbocycles. The number of nitrogens with one attached hydrogen (secondary N) is 1. The Kier molecular flexibility index (Phi) is 5.91. The Morgan fingerprint density at radius 2 is 1.96 bits per heavy atom. The van der Waals surface area contributed by atoms with E-state index < -0.39 is 5.97 Å². The molecule has 1 saturated heterocycles. The van der Waals surface area contributed by atoms with Crippen molar-refractivity contribution in [3.63, 3.8) is 0 Å². The lowest BCUT2D eigenvalue weighted by molar-refractivity contribution is -0.126. The molecule has 27 heavy (non-hydrogen) atoms. The highest BCUT2D eigenvalue weighted by Crippen LogP contribution is 2.22. The van der Waals surface area contributed by atoms with Crippen LogP contribution in [0.2, 0.25) is 0 Å². The molecule has 2 aromatic carbocycles. The molecule has 0 spiro atoms. The van der Waals surface area contributed by atoms with E-state index in [1.54, 1.807) is 24.3 Å². The summed E-state index contributed by atoms with van der Waals surface area (Å²) in [6, 6.07) is 14.8. The van der Waals surface area contributed by atoms with Crippen LogP contribution in [0.5, 0.6) is 0 Å². The Hall–Kier alpha value is -2.66. The van der Waals surface area contributed by atoms with E-state index in [2.05, 4.69) is 41.4 Å². The minimum atomic E-state index is -0.948. The first-order valence-corrected chi connectivity index (χ1v) is 9.37. The first-order chi connectivity index (χ1) is 12.9. The Morgan fingerprint density at radius 1 is 1.22 bits per heavy atom. The van der Waals surface area contributed by atoms with Crippen LogP contribution in [0.4, 0.5) is 0 Å². The fraction of sp³-hybridized carbons (Fsp3) is 0.364. The molecule has 5 nitrogen and oxygen atoms in total. The summed E-state index contributed by atoms with van der Waals surface area (Å²) in [7, 11) is 0. The predicted octanol–water partition coefficient (Wildman–Crippen LogP) is 3.54. The van der Waals surface area contributed by atoms with E-state index in [9.17, 15) is 9.59 Å². The summed E-state index contributed by atoms with van der Waals surface area (Å²) in [6.45, 7) is 5.71. The summed E-state index contributed by atoms with van der Waals surface area (Å²) >= 11 is 0. The third-order valence-electron chi connectivity index (χ3n) is 5.15. The average molecular weight is 366 g/mol. The van der Waals surface area contributed by atoms with E-state index in [-0.39, 0.29) is 23.6 Å². The maximum atomic E-state index is 12.8. The molecule has 142 valence electrons. The standard InChI is InChI=1S/C22H26N2O3/c1-15-5-3-6-17(13-15)14-24-12-4-7-20(24)21(25)23-16(2)18-8-10-19(11-9-18)22(26)27/h3,5-6,8-11,13,16,20H,4,7,12,14H2,1-2H3,(H,23,25)(H,26,27)/t16-,20+/m0/s1. The summed E-state index contributed by atoms with van der Waals surface area (Å²) in [5.41, 5.74) is 3.60. The summed E-state index contributed by atoms with van der Waals surface area (Å²) in [6.07, 6.45) is 1.88. The zero-order chi connectivity index (χ0) is 19.4. The average Bonchev–Trinajstić information content (AvgIpc) is 3.10.